The Kier molecular flexibility index (Phi) is 4.64. The lowest BCUT2D eigenvalue weighted by atomic mass is 10.3. The van der Waals surface area contributed by atoms with Gasteiger partial charge in [0.2, 0.25) is 0 Å². The number of aryl methyl sites for hydroxylation is 1. The normalized spacial score (nSPS) is 10.3. The van der Waals surface area contributed by atoms with Gasteiger partial charge in [-0.3, -0.25) is 0 Å². The van der Waals surface area contributed by atoms with Crippen LogP contribution in [0.15, 0.2) is 41.4 Å². The highest BCUT2D eigenvalue weighted by molar-refractivity contribution is 9.10. The molecule has 0 saturated carbocycles. The van der Waals surface area contributed by atoms with Crippen LogP contribution in [-0.2, 0) is 6.54 Å². The fourth-order valence-electron chi connectivity index (χ4n) is 1.59. The molecule has 1 aromatic heterocycles. The van der Waals surface area contributed by atoms with Crippen molar-refractivity contribution in [1.29, 1.82) is 0 Å². The van der Waals surface area contributed by atoms with E-state index < -0.39 is 0 Å². The SMILES string of the molecule is COc1ccc(OCCCn2ccnc2)cc1Br. The number of halogens is 1. The number of hydrogen-bond acceptors (Lipinski definition) is 3. The summed E-state index contributed by atoms with van der Waals surface area (Å²) in [6, 6.07) is 5.70. The molecule has 96 valence electrons. The molecule has 0 aliphatic rings. The molecule has 5 heteroatoms. The lowest BCUT2D eigenvalue weighted by Crippen LogP contribution is -2.03. The summed E-state index contributed by atoms with van der Waals surface area (Å²) in [5.74, 6) is 1.65. The van der Waals surface area contributed by atoms with Crippen LogP contribution in [0.2, 0.25) is 0 Å². The maximum absolute atomic E-state index is 5.67. The van der Waals surface area contributed by atoms with Crippen molar-refractivity contribution in [2.24, 2.45) is 0 Å². The van der Waals surface area contributed by atoms with Crippen LogP contribution >= 0.6 is 15.9 Å². The van der Waals surface area contributed by atoms with Gasteiger partial charge in [0.05, 0.1) is 24.5 Å². The monoisotopic (exact) mass is 310 g/mol. The van der Waals surface area contributed by atoms with Crippen molar-refractivity contribution in [3.63, 3.8) is 0 Å². The molecule has 0 bridgehead atoms. The third-order valence-corrected chi connectivity index (χ3v) is 3.13. The molecular weight excluding hydrogens is 296 g/mol. The second kappa shape index (κ2) is 6.44. The molecule has 2 aromatic rings. The lowest BCUT2D eigenvalue weighted by Gasteiger charge is -2.09. The van der Waals surface area contributed by atoms with Crippen LogP contribution in [0.4, 0.5) is 0 Å². The molecule has 0 saturated heterocycles. The molecule has 2 rings (SSSR count). The van der Waals surface area contributed by atoms with Gasteiger partial charge in [0, 0.05) is 18.9 Å². The quantitative estimate of drug-likeness (QED) is 0.769. The lowest BCUT2D eigenvalue weighted by molar-refractivity contribution is 0.301. The Labute approximate surface area is 115 Å². The van der Waals surface area contributed by atoms with Gasteiger partial charge in [-0.25, -0.2) is 4.98 Å². The van der Waals surface area contributed by atoms with E-state index >= 15 is 0 Å². The molecule has 0 aliphatic carbocycles. The number of ether oxygens (including phenoxy) is 2. The standard InChI is InChI=1S/C13H15BrN2O2/c1-17-13-4-3-11(9-12(13)14)18-8-2-6-16-7-5-15-10-16/h3-5,7,9-10H,2,6,8H2,1H3. The summed E-state index contributed by atoms with van der Waals surface area (Å²) in [6.45, 7) is 1.59. The van der Waals surface area contributed by atoms with Gasteiger partial charge in [-0.2, -0.15) is 0 Å². The zero-order chi connectivity index (χ0) is 12.8. The van der Waals surface area contributed by atoms with Gasteiger partial charge < -0.3 is 14.0 Å². The zero-order valence-corrected chi connectivity index (χ0v) is 11.8. The van der Waals surface area contributed by atoms with Crippen LogP contribution in [0.5, 0.6) is 11.5 Å². The fraction of sp³-hybridized carbons (Fsp3) is 0.308. The highest BCUT2D eigenvalue weighted by Gasteiger charge is 2.01. The maximum Gasteiger partial charge on any atom is 0.133 e. The second-order valence-corrected chi connectivity index (χ2v) is 4.65. The van der Waals surface area contributed by atoms with Crippen molar-refractivity contribution in [3.05, 3.63) is 41.4 Å². The van der Waals surface area contributed by atoms with E-state index in [1.165, 1.54) is 0 Å². The summed E-state index contributed by atoms with van der Waals surface area (Å²) in [6.07, 6.45) is 6.48. The molecule has 0 radical (unpaired) electrons. The summed E-state index contributed by atoms with van der Waals surface area (Å²) in [4.78, 5) is 3.99. The molecule has 0 N–H and O–H groups in total. The van der Waals surface area contributed by atoms with Gasteiger partial charge in [0.25, 0.3) is 0 Å². The third-order valence-electron chi connectivity index (χ3n) is 2.51. The first kappa shape index (κ1) is 13.0. The van der Waals surface area contributed by atoms with Gasteiger partial charge >= 0.3 is 0 Å². The second-order valence-electron chi connectivity index (χ2n) is 3.80. The van der Waals surface area contributed by atoms with Crippen molar-refractivity contribution >= 4 is 15.9 Å². The number of aromatic nitrogens is 2. The van der Waals surface area contributed by atoms with Crippen molar-refractivity contribution in [1.82, 2.24) is 9.55 Å². The molecule has 0 amide bonds. The fourth-order valence-corrected chi connectivity index (χ4v) is 2.11. The first-order chi connectivity index (χ1) is 8.79. The Morgan fingerprint density at radius 3 is 2.94 bits per heavy atom. The van der Waals surface area contributed by atoms with E-state index in [2.05, 4.69) is 20.9 Å². The molecule has 0 atom stereocenters. The van der Waals surface area contributed by atoms with Crippen LogP contribution in [0.1, 0.15) is 6.42 Å². The van der Waals surface area contributed by atoms with Gasteiger partial charge in [0.1, 0.15) is 11.5 Å². The molecule has 1 heterocycles. The van der Waals surface area contributed by atoms with Gasteiger partial charge in [0.15, 0.2) is 0 Å². The maximum atomic E-state index is 5.67. The predicted octanol–water partition coefficient (Wildman–Crippen LogP) is 3.12. The smallest absolute Gasteiger partial charge is 0.133 e. The summed E-state index contributed by atoms with van der Waals surface area (Å²) < 4.78 is 13.8. The minimum Gasteiger partial charge on any atom is -0.496 e. The average Bonchev–Trinajstić information content (AvgIpc) is 2.88. The number of methoxy groups -OCH3 is 1. The topological polar surface area (TPSA) is 36.3 Å². The van der Waals surface area contributed by atoms with Crippen LogP contribution in [0, 0.1) is 0 Å². The summed E-state index contributed by atoms with van der Waals surface area (Å²) in [5.41, 5.74) is 0. The van der Waals surface area contributed by atoms with E-state index in [-0.39, 0.29) is 0 Å². The Hall–Kier alpha value is -1.49. The molecule has 0 spiro atoms. The van der Waals surface area contributed by atoms with Crippen LogP contribution < -0.4 is 9.47 Å². The van der Waals surface area contributed by atoms with E-state index in [1.807, 2.05) is 35.3 Å². The number of hydrogen-bond donors (Lipinski definition) is 0. The van der Waals surface area contributed by atoms with E-state index in [0.29, 0.717) is 6.61 Å². The van der Waals surface area contributed by atoms with Crippen LogP contribution in [0.25, 0.3) is 0 Å². The van der Waals surface area contributed by atoms with Crippen molar-refractivity contribution in [3.8, 4) is 11.5 Å². The third kappa shape index (κ3) is 3.50. The summed E-state index contributed by atoms with van der Waals surface area (Å²) >= 11 is 3.43. The minimum atomic E-state index is 0.678. The summed E-state index contributed by atoms with van der Waals surface area (Å²) in [5, 5.41) is 0. The van der Waals surface area contributed by atoms with Crippen molar-refractivity contribution in [2.75, 3.05) is 13.7 Å². The number of rotatable bonds is 6. The molecule has 18 heavy (non-hydrogen) atoms. The number of imidazole rings is 1. The predicted molar refractivity (Wildman–Crippen MR) is 73.0 cm³/mol. The molecule has 0 aliphatic heterocycles. The molecule has 0 unspecified atom stereocenters. The highest BCUT2D eigenvalue weighted by atomic mass is 79.9. The van der Waals surface area contributed by atoms with Crippen molar-refractivity contribution in [2.45, 2.75) is 13.0 Å². The van der Waals surface area contributed by atoms with E-state index in [9.17, 15) is 0 Å². The number of nitrogens with zero attached hydrogens (tertiary/aromatic N) is 2. The first-order valence-electron chi connectivity index (χ1n) is 5.71. The van der Waals surface area contributed by atoms with Gasteiger partial charge in [-0.15, -0.1) is 0 Å². The van der Waals surface area contributed by atoms with Crippen molar-refractivity contribution < 1.29 is 9.47 Å². The average molecular weight is 311 g/mol. The van der Waals surface area contributed by atoms with E-state index in [1.54, 1.807) is 13.3 Å². The first-order valence-corrected chi connectivity index (χ1v) is 6.51. The summed E-state index contributed by atoms with van der Waals surface area (Å²) in [7, 11) is 1.64. The minimum absolute atomic E-state index is 0.678. The largest absolute Gasteiger partial charge is 0.496 e. The Bertz CT molecular complexity index is 486. The van der Waals surface area contributed by atoms with Gasteiger partial charge in [-0.05, 0) is 40.5 Å². The van der Waals surface area contributed by atoms with E-state index in [0.717, 1.165) is 28.9 Å². The molecular formula is C13H15BrN2O2. The number of benzene rings is 1. The zero-order valence-electron chi connectivity index (χ0n) is 10.2. The van der Waals surface area contributed by atoms with Gasteiger partial charge in [-0.1, -0.05) is 0 Å². The highest BCUT2D eigenvalue weighted by Crippen LogP contribution is 2.28. The Morgan fingerprint density at radius 2 is 2.28 bits per heavy atom. The van der Waals surface area contributed by atoms with E-state index in [4.69, 9.17) is 9.47 Å². The molecule has 4 nitrogen and oxygen atoms in total. The molecule has 0 fully saturated rings. The Balaban J connectivity index is 1.78. The molecule has 1 aromatic carbocycles. The van der Waals surface area contributed by atoms with Crippen LogP contribution in [0.3, 0.4) is 0 Å². The Morgan fingerprint density at radius 1 is 1.39 bits per heavy atom. The van der Waals surface area contributed by atoms with Crippen LogP contribution in [-0.4, -0.2) is 23.3 Å².